The van der Waals surface area contributed by atoms with Gasteiger partial charge in [-0.05, 0) is 108 Å². The number of halogens is 1. The molecule has 1 saturated heterocycles. The van der Waals surface area contributed by atoms with E-state index in [9.17, 15) is 18.8 Å². The zero-order valence-electron chi connectivity index (χ0n) is 25.5. The molecule has 2 heterocycles. The summed E-state index contributed by atoms with van der Waals surface area (Å²) in [7, 11) is 0. The number of carbonyl (C=O) groups excluding carboxylic acids is 3. The summed E-state index contributed by atoms with van der Waals surface area (Å²) in [5, 5.41) is 0. The van der Waals surface area contributed by atoms with Crippen LogP contribution in [0.5, 0.6) is 0 Å². The quantitative estimate of drug-likeness (QED) is 0.266. The minimum atomic E-state index is -0.764. The van der Waals surface area contributed by atoms with Crippen molar-refractivity contribution >= 4 is 24.2 Å². The van der Waals surface area contributed by atoms with Crippen LogP contribution < -0.4 is 0 Å². The van der Waals surface area contributed by atoms with E-state index in [2.05, 4.69) is 11.1 Å². The molecule has 0 N–H and O–H groups in total. The first-order valence-corrected chi connectivity index (χ1v) is 15.2. The van der Waals surface area contributed by atoms with Crippen LogP contribution in [0.2, 0.25) is 0 Å². The Labute approximate surface area is 252 Å². The molecule has 0 bridgehead atoms. The zero-order valence-corrected chi connectivity index (χ0v) is 25.5. The molecular formula is C34H41FN2O6. The van der Waals surface area contributed by atoms with Gasteiger partial charge in [-0.3, -0.25) is 9.78 Å². The normalized spacial score (nSPS) is 28.5. The molecule has 0 unspecified atom stereocenters. The number of nitrogens with zero attached hydrogens (tertiary/aromatic N) is 2. The van der Waals surface area contributed by atoms with Crippen LogP contribution in [0.1, 0.15) is 66.0 Å². The Hall–Kier alpha value is -3.75. The Bertz CT molecular complexity index is 1370. The first-order chi connectivity index (χ1) is 20.4. The molecular weight excluding hydrogens is 551 g/mol. The van der Waals surface area contributed by atoms with Gasteiger partial charge in [0.15, 0.2) is 0 Å². The van der Waals surface area contributed by atoms with Gasteiger partial charge in [0.25, 0.3) is 0 Å². The van der Waals surface area contributed by atoms with Gasteiger partial charge in [0.05, 0.1) is 18.2 Å². The number of aromatic nitrogens is 1. The maximum atomic E-state index is 13.7. The number of allylic oxidation sites excluding steroid dienone is 1. The largest absolute Gasteiger partial charge is 0.462 e. The smallest absolute Gasteiger partial charge is 0.420 e. The van der Waals surface area contributed by atoms with Crippen LogP contribution in [-0.2, 0) is 19.0 Å². The minimum Gasteiger partial charge on any atom is -0.462 e. The second kappa shape index (κ2) is 12.5. The molecule has 1 aromatic carbocycles. The lowest BCUT2D eigenvalue weighted by Gasteiger charge is -2.48. The molecule has 1 aliphatic heterocycles. The van der Waals surface area contributed by atoms with Gasteiger partial charge in [-0.2, -0.15) is 0 Å². The summed E-state index contributed by atoms with van der Waals surface area (Å²) in [4.78, 5) is 44.8. The molecule has 2 saturated carbocycles. The fraction of sp³-hybridized carbons (Fsp3) is 0.529. The monoisotopic (exact) mass is 592 g/mol. The van der Waals surface area contributed by atoms with Crippen molar-refractivity contribution in [1.82, 2.24) is 9.88 Å². The Balaban J connectivity index is 1.38. The molecule has 3 aliphatic rings. The minimum absolute atomic E-state index is 0.0418. The van der Waals surface area contributed by atoms with Gasteiger partial charge in [-0.15, -0.1) is 0 Å². The fourth-order valence-corrected chi connectivity index (χ4v) is 7.25. The summed E-state index contributed by atoms with van der Waals surface area (Å²) in [6, 6.07) is 9.86. The molecule has 1 aromatic heterocycles. The Morgan fingerprint density at radius 2 is 1.91 bits per heavy atom. The van der Waals surface area contributed by atoms with E-state index in [-0.39, 0.29) is 60.1 Å². The Morgan fingerprint density at radius 3 is 2.58 bits per heavy atom. The van der Waals surface area contributed by atoms with Crippen molar-refractivity contribution in [2.75, 3.05) is 6.61 Å². The number of pyridine rings is 1. The average Bonchev–Trinajstić information content (AvgIpc) is 3.23. The highest BCUT2D eigenvalue weighted by molar-refractivity contribution is 5.88. The van der Waals surface area contributed by atoms with Crippen molar-refractivity contribution in [3.63, 3.8) is 0 Å². The van der Waals surface area contributed by atoms with Gasteiger partial charge >= 0.3 is 18.2 Å². The first kappa shape index (κ1) is 30.7. The number of carbonyl (C=O) groups is 3. The highest BCUT2D eigenvalue weighted by Gasteiger charge is 2.55. The molecule has 3 fully saturated rings. The van der Waals surface area contributed by atoms with E-state index in [1.54, 1.807) is 40.0 Å². The third-order valence-corrected chi connectivity index (χ3v) is 8.97. The summed E-state index contributed by atoms with van der Waals surface area (Å²) in [6.07, 6.45) is 6.89. The molecule has 9 heteroatoms. The van der Waals surface area contributed by atoms with Gasteiger partial charge in [-0.1, -0.05) is 24.3 Å². The molecule has 2 amide bonds. The summed E-state index contributed by atoms with van der Waals surface area (Å²) >= 11 is 0. The number of hydrogen-bond donors (Lipinski definition) is 0. The lowest BCUT2D eigenvalue weighted by atomic mass is 9.56. The molecule has 2 aromatic rings. The molecule has 230 valence electrons. The van der Waals surface area contributed by atoms with Crippen molar-refractivity contribution < 1.29 is 33.0 Å². The standard InChI is InChI=1S/C34H41FN2O6/c1-6-41-32(39)37(33(40)43-34(3,4)5)26-13-15-27-23(17-26)18-29-30(20(2)42-31(29)38)28(27)14-12-25-11-10-22(19-36-25)21-8-7-9-24(35)16-21/h7-12,14,16,19-20,23,26-30H,6,13,15,17-18H2,1-5H3/b14-12+/t20-,23+,26-,27-,28+,29-,30+/m1/s1. The number of esters is 1. The van der Waals surface area contributed by atoms with Crippen molar-refractivity contribution in [3.8, 4) is 11.1 Å². The van der Waals surface area contributed by atoms with Crippen LogP contribution in [-0.4, -0.2) is 52.4 Å². The number of ether oxygens (including phenoxy) is 3. The van der Waals surface area contributed by atoms with E-state index in [0.29, 0.717) is 19.3 Å². The lowest BCUT2D eigenvalue weighted by Crippen LogP contribution is -2.52. The summed E-state index contributed by atoms with van der Waals surface area (Å²) in [6.45, 7) is 9.11. The zero-order chi connectivity index (χ0) is 30.9. The highest BCUT2D eigenvalue weighted by Crippen LogP contribution is 2.54. The van der Waals surface area contributed by atoms with Gasteiger partial charge in [0.2, 0.25) is 0 Å². The second-order valence-electron chi connectivity index (χ2n) is 12.9. The second-order valence-corrected chi connectivity index (χ2v) is 12.9. The number of hydrogen-bond acceptors (Lipinski definition) is 7. The van der Waals surface area contributed by atoms with Crippen LogP contribution >= 0.6 is 0 Å². The first-order valence-electron chi connectivity index (χ1n) is 15.2. The van der Waals surface area contributed by atoms with Gasteiger partial charge in [0, 0.05) is 23.7 Å². The Kier molecular flexibility index (Phi) is 8.90. The van der Waals surface area contributed by atoms with Crippen molar-refractivity contribution in [2.24, 2.45) is 29.6 Å². The van der Waals surface area contributed by atoms with Crippen molar-refractivity contribution in [1.29, 1.82) is 0 Å². The number of rotatable bonds is 5. The fourth-order valence-electron chi connectivity index (χ4n) is 7.25. The van der Waals surface area contributed by atoms with E-state index in [4.69, 9.17) is 14.2 Å². The Morgan fingerprint density at radius 1 is 1.12 bits per heavy atom. The topological polar surface area (TPSA) is 95.0 Å². The summed E-state index contributed by atoms with van der Waals surface area (Å²) in [5.41, 5.74) is 1.59. The van der Waals surface area contributed by atoms with Crippen LogP contribution in [0.15, 0.2) is 48.7 Å². The summed E-state index contributed by atoms with van der Waals surface area (Å²) in [5.74, 6) is -0.255. The van der Waals surface area contributed by atoms with E-state index in [0.717, 1.165) is 28.1 Å². The number of imide groups is 1. The lowest BCUT2D eigenvalue weighted by molar-refractivity contribution is -0.144. The van der Waals surface area contributed by atoms with Crippen LogP contribution in [0, 0.1) is 35.4 Å². The molecule has 7 atom stereocenters. The average molecular weight is 593 g/mol. The van der Waals surface area contributed by atoms with Gasteiger partial charge in [-0.25, -0.2) is 18.9 Å². The van der Waals surface area contributed by atoms with Crippen molar-refractivity contribution in [3.05, 3.63) is 60.2 Å². The van der Waals surface area contributed by atoms with Gasteiger partial charge in [0.1, 0.15) is 17.5 Å². The molecule has 0 spiro atoms. The summed E-state index contributed by atoms with van der Waals surface area (Å²) < 4.78 is 30.3. The number of amides is 2. The predicted molar refractivity (Wildman–Crippen MR) is 159 cm³/mol. The SMILES string of the molecule is CCOC(=O)N(C(=O)OC(C)(C)C)[C@@H]1CC[C@@H]2[C@@H](C1)C[C@H]1C(=O)O[C@H](C)[C@H]1[C@H]2/C=C/c1ccc(-c2cccc(F)c2)cn1. The number of cyclic esters (lactones) is 1. The third kappa shape index (κ3) is 6.76. The van der Waals surface area contributed by atoms with Gasteiger partial charge < -0.3 is 14.2 Å². The van der Waals surface area contributed by atoms with Crippen LogP contribution in [0.4, 0.5) is 14.0 Å². The van der Waals surface area contributed by atoms with Crippen LogP contribution in [0.3, 0.4) is 0 Å². The molecule has 5 rings (SSSR count). The number of fused-ring (bicyclic) bond motifs is 2. The molecule has 0 radical (unpaired) electrons. The molecule has 2 aliphatic carbocycles. The maximum absolute atomic E-state index is 13.7. The van der Waals surface area contributed by atoms with E-state index in [1.165, 1.54) is 12.1 Å². The number of benzene rings is 1. The van der Waals surface area contributed by atoms with E-state index in [1.807, 2.05) is 31.2 Å². The molecule has 8 nitrogen and oxygen atoms in total. The molecule has 43 heavy (non-hydrogen) atoms. The maximum Gasteiger partial charge on any atom is 0.420 e. The van der Waals surface area contributed by atoms with E-state index < -0.39 is 17.8 Å². The third-order valence-electron chi connectivity index (χ3n) is 8.97. The van der Waals surface area contributed by atoms with Crippen LogP contribution in [0.25, 0.3) is 17.2 Å². The predicted octanol–water partition coefficient (Wildman–Crippen LogP) is 7.28. The van der Waals surface area contributed by atoms with Crippen molar-refractivity contribution in [2.45, 2.75) is 78.0 Å². The highest BCUT2D eigenvalue weighted by atomic mass is 19.1. The van der Waals surface area contributed by atoms with E-state index >= 15 is 0 Å².